The zero-order valence-electron chi connectivity index (χ0n) is 10.0. The second-order valence-electron chi connectivity index (χ2n) is 4.90. The lowest BCUT2D eigenvalue weighted by molar-refractivity contribution is 0.00462. The highest BCUT2D eigenvalue weighted by atomic mass is 16.3. The maximum absolute atomic E-state index is 10.3. The second-order valence-corrected chi connectivity index (χ2v) is 4.90. The zero-order valence-corrected chi connectivity index (χ0v) is 10.0. The fraction of sp³-hybridized carbons (Fsp3) is 0.615. The maximum atomic E-state index is 10.3. The molecule has 0 bridgehead atoms. The van der Waals surface area contributed by atoms with Crippen LogP contribution in [0.15, 0.2) is 18.3 Å². The van der Waals surface area contributed by atoms with Crippen molar-refractivity contribution in [2.75, 3.05) is 6.54 Å². The minimum atomic E-state index is -0.533. The van der Waals surface area contributed by atoms with Crippen LogP contribution < -0.4 is 5.32 Å². The highest BCUT2D eigenvalue weighted by Crippen LogP contribution is 2.27. The highest BCUT2D eigenvalue weighted by Gasteiger charge is 2.28. The van der Waals surface area contributed by atoms with Crippen LogP contribution >= 0.6 is 0 Å². The number of hydrogen-bond donors (Lipinski definition) is 3. The summed E-state index contributed by atoms with van der Waals surface area (Å²) < 4.78 is 0. The number of hydrogen-bond acceptors (Lipinski definition) is 4. The number of pyridine rings is 1. The number of aliphatic hydroxyl groups is 1. The van der Waals surface area contributed by atoms with Crippen LogP contribution in [0.25, 0.3) is 0 Å². The van der Waals surface area contributed by atoms with Gasteiger partial charge < -0.3 is 15.5 Å². The molecule has 94 valence electrons. The van der Waals surface area contributed by atoms with E-state index in [1.54, 1.807) is 12.1 Å². The monoisotopic (exact) mass is 236 g/mol. The summed E-state index contributed by atoms with van der Waals surface area (Å²) in [6, 6.07) is 3.41. The molecule has 0 aromatic carbocycles. The van der Waals surface area contributed by atoms with E-state index in [4.69, 9.17) is 5.11 Å². The lowest BCUT2D eigenvalue weighted by Crippen LogP contribution is -2.41. The van der Waals surface area contributed by atoms with Gasteiger partial charge in [-0.3, -0.25) is 4.98 Å². The molecule has 0 spiro atoms. The third-order valence-electron chi connectivity index (χ3n) is 3.35. The molecule has 0 atom stereocenters. The van der Waals surface area contributed by atoms with Crippen LogP contribution in [0.5, 0.6) is 5.75 Å². The van der Waals surface area contributed by atoms with Gasteiger partial charge in [0.2, 0.25) is 0 Å². The van der Waals surface area contributed by atoms with Gasteiger partial charge in [-0.1, -0.05) is 19.3 Å². The van der Waals surface area contributed by atoms with E-state index in [2.05, 4.69) is 10.3 Å². The van der Waals surface area contributed by atoms with Gasteiger partial charge in [-0.15, -0.1) is 0 Å². The first-order valence-electron chi connectivity index (χ1n) is 6.25. The first-order valence-corrected chi connectivity index (χ1v) is 6.25. The Morgan fingerprint density at radius 2 is 2.00 bits per heavy atom. The summed E-state index contributed by atoms with van der Waals surface area (Å²) in [4.78, 5) is 4.09. The molecule has 1 aliphatic rings. The second kappa shape index (κ2) is 5.47. The van der Waals surface area contributed by atoms with Crippen molar-refractivity contribution in [1.29, 1.82) is 0 Å². The molecule has 1 aromatic rings. The Labute approximate surface area is 102 Å². The molecule has 17 heavy (non-hydrogen) atoms. The molecule has 0 saturated heterocycles. The maximum Gasteiger partial charge on any atom is 0.133 e. The SMILES string of the molecule is Oc1ccc(CNCC2(O)CCCCC2)nc1. The molecule has 1 aromatic heterocycles. The zero-order chi connectivity index (χ0) is 12.1. The van der Waals surface area contributed by atoms with Crippen molar-refractivity contribution in [3.05, 3.63) is 24.0 Å². The number of nitrogens with zero attached hydrogens (tertiary/aromatic N) is 1. The van der Waals surface area contributed by atoms with Crippen molar-refractivity contribution in [3.63, 3.8) is 0 Å². The van der Waals surface area contributed by atoms with E-state index in [-0.39, 0.29) is 5.75 Å². The number of nitrogens with one attached hydrogen (secondary N) is 1. The van der Waals surface area contributed by atoms with Crippen LogP contribution in [-0.2, 0) is 6.54 Å². The van der Waals surface area contributed by atoms with Gasteiger partial charge >= 0.3 is 0 Å². The first-order chi connectivity index (χ1) is 8.18. The summed E-state index contributed by atoms with van der Waals surface area (Å²) in [5.41, 5.74) is 0.344. The highest BCUT2D eigenvalue weighted by molar-refractivity contribution is 5.17. The van der Waals surface area contributed by atoms with Gasteiger partial charge in [-0.2, -0.15) is 0 Å². The quantitative estimate of drug-likeness (QED) is 0.742. The predicted molar refractivity (Wildman–Crippen MR) is 65.6 cm³/mol. The molecule has 0 radical (unpaired) electrons. The van der Waals surface area contributed by atoms with Gasteiger partial charge in [0.25, 0.3) is 0 Å². The van der Waals surface area contributed by atoms with Crippen molar-refractivity contribution in [2.24, 2.45) is 0 Å². The molecule has 3 N–H and O–H groups in total. The van der Waals surface area contributed by atoms with E-state index in [1.165, 1.54) is 12.6 Å². The van der Waals surface area contributed by atoms with Crippen LogP contribution in [0.2, 0.25) is 0 Å². The molecule has 1 aliphatic carbocycles. The fourth-order valence-corrected chi connectivity index (χ4v) is 2.33. The van der Waals surface area contributed by atoms with Crippen molar-refractivity contribution in [2.45, 2.75) is 44.2 Å². The van der Waals surface area contributed by atoms with E-state index in [9.17, 15) is 5.11 Å². The molecular weight excluding hydrogens is 216 g/mol. The Balaban J connectivity index is 1.77. The number of aromatic nitrogens is 1. The van der Waals surface area contributed by atoms with E-state index in [0.717, 1.165) is 31.4 Å². The Morgan fingerprint density at radius 1 is 1.24 bits per heavy atom. The van der Waals surface area contributed by atoms with Gasteiger partial charge in [0.05, 0.1) is 17.5 Å². The molecule has 4 heteroatoms. The lowest BCUT2D eigenvalue weighted by Gasteiger charge is -2.32. The van der Waals surface area contributed by atoms with Crippen LogP contribution in [0, 0.1) is 0 Å². The Morgan fingerprint density at radius 3 is 2.65 bits per heavy atom. The topological polar surface area (TPSA) is 65.4 Å². The molecule has 1 fully saturated rings. The smallest absolute Gasteiger partial charge is 0.133 e. The van der Waals surface area contributed by atoms with E-state index < -0.39 is 5.60 Å². The molecule has 2 rings (SSSR count). The normalized spacial score (nSPS) is 19.1. The molecular formula is C13H20N2O2. The van der Waals surface area contributed by atoms with Crippen LogP contribution in [0.4, 0.5) is 0 Å². The molecule has 1 saturated carbocycles. The van der Waals surface area contributed by atoms with Crippen LogP contribution in [-0.4, -0.2) is 27.3 Å². The van der Waals surface area contributed by atoms with E-state index in [1.807, 2.05) is 0 Å². The first kappa shape index (κ1) is 12.3. The average Bonchev–Trinajstić information content (AvgIpc) is 2.32. The van der Waals surface area contributed by atoms with Gasteiger partial charge in [-0.25, -0.2) is 0 Å². The lowest BCUT2D eigenvalue weighted by atomic mass is 9.85. The molecule has 0 unspecified atom stereocenters. The van der Waals surface area contributed by atoms with Gasteiger partial charge in [0.15, 0.2) is 0 Å². The standard InChI is InChI=1S/C13H20N2O2/c16-12-5-4-11(15-9-12)8-14-10-13(17)6-2-1-3-7-13/h4-5,9,14,16-17H,1-3,6-8,10H2. The van der Waals surface area contributed by atoms with E-state index >= 15 is 0 Å². The van der Waals surface area contributed by atoms with Crippen molar-refractivity contribution in [3.8, 4) is 5.75 Å². The molecule has 1 heterocycles. The summed E-state index contributed by atoms with van der Waals surface area (Å²) in [6.07, 6.45) is 6.70. The Bertz CT molecular complexity index is 345. The summed E-state index contributed by atoms with van der Waals surface area (Å²) >= 11 is 0. The molecule has 0 aliphatic heterocycles. The third-order valence-corrected chi connectivity index (χ3v) is 3.35. The summed E-state index contributed by atoms with van der Waals surface area (Å²) in [6.45, 7) is 1.25. The summed E-state index contributed by atoms with van der Waals surface area (Å²) in [5, 5.41) is 22.6. The minimum Gasteiger partial charge on any atom is -0.506 e. The largest absolute Gasteiger partial charge is 0.506 e. The molecule has 0 amide bonds. The minimum absolute atomic E-state index is 0.180. The van der Waals surface area contributed by atoms with Gasteiger partial charge in [0.1, 0.15) is 5.75 Å². The van der Waals surface area contributed by atoms with Crippen molar-refractivity contribution in [1.82, 2.24) is 10.3 Å². The fourth-order valence-electron chi connectivity index (χ4n) is 2.33. The number of rotatable bonds is 4. The van der Waals surface area contributed by atoms with Crippen molar-refractivity contribution < 1.29 is 10.2 Å². The van der Waals surface area contributed by atoms with E-state index in [0.29, 0.717) is 13.1 Å². The van der Waals surface area contributed by atoms with Crippen molar-refractivity contribution >= 4 is 0 Å². The number of aromatic hydroxyl groups is 1. The summed E-state index contributed by atoms with van der Waals surface area (Å²) in [5.74, 6) is 0.180. The van der Waals surface area contributed by atoms with Crippen LogP contribution in [0.1, 0.15) is 37.8 Å². The Kier molecular flexibility index (Phi) is 3.97. The third kappa shape index (κ3) is 3.68. The molecule has 4 nitrogen and oxygen atoms in total. The Hall–Kier alpha value is -1.13. The van der Waals surface area contributed by atoms with Gasteiger partial charge in [-0.05, 0) is 25.0 Å². The van der Waals surface area contributed by atoms with Crippen LogP contribution in [0.3, 0.4) is 0 Å². The summed E-state index contributed by atoms with van der Waals surface area (Å²) in [7, 11) is 0. The predicted octanol–water partition coefficient (Wildman–Crippen LogP) is 1.57. The van der Waals surface area contributed by atoms with Gasteiger partial charge in [0, 0.05) is 13.1 Å². The average molecular weight is 236 g/mol.